The molecule has 3 nitrogen and oxygen atoms in total. The highest BCUT2D eigenvalue weighted by atomic mass is 79.9. The van der Waals surface area contributed by atoms with Crippen molar-refractivity contribution in [2.75, 3.05) is 0 Å². The monoisotopic (exact) mass is 216 g/mol. The van der Waals surface area contributed by atoms with Crippen LogP contribution in [0.25, 0.3) is 0 Å². The molecule has 0 aromatic rings. The minimum Gasteiger partial charge on any atom is -0.368 e. The molecule has 10 heavy (non-hydrogen) atoms. The highest BCUT2D eigenvalue weighted by Gasteiger charge is 2.49. The first-order chi connectivity index (χ1) is 4.19. The van der Waals surface area contributed by atoms with Crippen LogP contribution in [0.1, 0.15) is 6.92 Å². The van der Waals surface area contributed by atoms with Crippen LogP contribution in [-0.4, -0.2) is 16.3 Å². The van der Waals surface area contributed by atoms with Gasteiger partial charge in [0.2, 0.25) is 5.91 Å². The average Bonchev–Trinajstić information content (AvgIpc) is 1.62. The summed E-state index contributed by atoms with van der Waals surface area (Å²) >= 11 is 1.94. The number of amides is 1. The Morgan fingerprint density at radius 2 is 1.90 bits per heavy atom. The van der Waals surface area contributed by atoms with Gasteiger partial charge in [0, 0.05) is 0 Å². The lowest BCUT2D eigenvalue weighted by molar-refractivity contribution is -0.129. The van der Waals surface area contributed by atoms with Gasteiger partial charge in [0.25, 0.3) is 0 Å². The Labute approximate surface area is 64.9 Å². The number of hydrogen-bond donors (Lipinski definition) is 2. The maximum absolute atomic E-state index is 12.2. The second kappa shape index (κ2) is 2.43. The summed E-state index contributed by atoms with van der Waals surface area (Å²) in [7, 11) is 0. The highest BCUT2D eigenvalue weighted by Crippen LogP contribution is 2.32. The summed E-state index contributed by atoms with van der Waals surface area (Å²) in [6, 6.07) is 0. The van der Waals surface area contributed by atoms with Gasteiger partial charge >= 0.3 is 4.83 Å². The molecule has 0 radical (unpaired) electrons. The number of halogens is 3. The minimum absolute atomic E-state index is 0.851. The summed E-state index contributed by atoms with van der Waals surface area (Å²) in [5.41, 5.74) is 7.11. The molecule has 0 aliphatic heterocycles. The lowest BCUT2D eigenvalue weighted by Crippen LogP contribution is -2.59. The maximum atomic E-state index is 12.2. The van der Waals surface area contributed by atoms with Crippen molar-refractivity contribution in [1.29, 1.82) is 0 Å². The quantitative estimate of drug-likeness (QED) is 0.647. The second-order valence-corrected chi connectivity index (χ2v) is 3.06. The largest absolute Gasteiger partial charge is 0.368 e. The van der Waals surface area contributed by atoms with E-state index in [1.807, 2.05) is 15.9 Å². The minimum atomic E-state index is -3.47. The maximum Gasteiger partial charge on any atom is 0.327 e. The van der Waals surface area contributed by atoms with Gasteiger partial charge in [0.1, 0.15) is 0 Å². The molecule has 0 fully saturated rings. The Balaban J connectivity index is 4.57. The first-order valence-corrected chi connectivity index (χ1v) is 3.14. The number of nitrogens with two attached hydrogens (primary N) is 2. The van der Waals surface area contributed by atoms with E-state index in [-0.39, 0.29) is 0 Å². The molecule has 0 spiro atoms. The summed E-state index contributed by atoms with van der Waals surface area (Å²) in [6.45, 7) is 0.851. The first kappa shape index (κ1) is 9.77. The van der Waals surface area contributed by atoms with Gasteiger partial charge in [-0.2, -0.15) is 8.78 Å². The normalized spacial score (nSPS) is 18.1. The van der Waals surface area contributed by atoms with Crippen LogP contribution in [0.15, 0.2) is 0 Å². The molecule has 0 aromatic heterocycles. The van der Waals surface area contributed by atoms with Crippen LogP contribution < -0.4 is 11.5 Å². The lowest BCUT2D eigenvalue weighted by atomic mass is 10.1. The summed E-state index contributed by atoms with van der Waals surface area (Å²) in [5, 5.41) is 0. The smallest absolute Gasteiger partial charge is 0.327 e. The lowest BCUT2D eigenvalue weighted by Gasteiger charge is -2.25. The molecule has 0 saturated heterocycles. The van der Waals surface area contributed by atoms with Crippen LogP contribution >= 0.6 is 15.9 Å². The third-order valence-corrected chi connectivity index (χ3v) is 1.92. The van der Waals surface area contributed by atoms with Crippen LogP contribution in [0.2, 0.25) is 0 Å². The first-order valence-electron chi connectivity index (χ1n) is 2.35. The number of carbonyl (C=O) groups is 1. The van der Waals surface area contributed by atoms with E-state index >= 15 is 0 Å². The van der Waals surface area contributed by atoms with Gasteiger partial charge in [-0.1, -0.05) is 0 Å². The van der Waals surface area contributed by atoms with Gasteiger partial charge in [-0.05, 0) is 22.9 Å². The Bertz CT molecular complexity index is 154. The Morgan fingerprint density at radius 1 is 1.60 bits per heavy atom. The number of hydrogen-bond acceptors (Lipinski definition) is 2. The molecular formula is C4H7BrF2N2O. The van der Waals surface area contributed by atoms with Gasteiger partial charge < -0.3 is 11.5 Å². The molecule has 0 saturated carbocycles. The number of primary amides is 1. The molecule has 60 valence electrons. The van der Waals surface area contributed by atoms with Crippen LogP contribution in [0, 0.1) is 0 Å². The third-order valence-electron chi connectivity index (χ3n) is 1.10. The van der Waals surface area contributed by atoms with Crippen molar-refractivity contribution in [1.82, 2.24) is 0 Å². The number of alkyl halides is 3. The fourth-order valence-corrected chi connectivity index (χ4v) is 0.335. The van der Waals surface area contributed by atoms with Crippen molar-refractivity contribution in [3.05, 3.63) is 0 Å². The van der Waals surface area contributed by atoms with Crippen LogP contribution in [0.5, 0.6) is 0 Å². The number of rotatable bonds is 2. The van der Waals surface area contributed by atoms with Crippen molar-refractivity contribution in [2.24, 2.45) is 11.5 Å². The zero-order valence-electron chi connectivity index (χ0n) is 5.20. The van der Waals surface area contributed by atoms with E-state index in [4.69, 9.17) is 5.73 Å². The Hall–Kier alpha value is -0.230. The molecule has 1 atom stereocenters. The molecule has 0 aliphatic carbocycles. The zero-order chi connectivity index (χ0) is 8.58. The van der Waals surface area contributed by atoms with Crippen molar-refractivity contribution >= 4 is 21.8 Å². The highest BCUT2D eigenvalue weighted by molar-refractivity contribution is 9.10. The van der Waals surface area contributed by atoms with E-state index in [9.17, 15) is 13.6 Å². The van der Waals surface area contributed by atoms with Crippen molar-refractivity contribution in [2.45, 2.75) is 17.3 Å². The fourth-order valence-electron chi connectivity index (χ4n) is 0.140. The van der Waals surface area contributed by atoms with E-state index < -0.39 is 16.3 Å². The SMILES string of the molecule is C[C@@](N)(C(N)=O)C(F)(F)Br. The second-order valence-electron chi connectivity index (χ2n) is 2.06. The predicted molar refractivity (Wildman–Crippen MR) is 35.7 cm³/mol. The molecule has 6 heteroatoms. The Kier molecular flexibility index (Phi) is 2.37. The van der Waals surface area contributed by atoms with Crippen LogP contribution in [0.4, 0.5) is 8.78 Å². The van der Waals surface area contributed by atoms with Gasteiger partial charge in [0.15, 0.2) is 5.54 Å². The molecule has 0 bridgehead atoms. The van der Waals surface area contributed by atoms with Gasteiger partial charge in [-0.15, -0.1) is 0 Å². The zero-order valence-corrected chi connectivity index (χ0v) is 6.78. The molecule has 0 unspecified atom stereocenters. The third kappa shape index (κ3) is 1.63. The van der Waals surface area contributed by atoms with Crippen LogP contribution in [0.3, 0.4) is 0 Å². The van der Waals surface area contributed by atoms with E-state index in [0.29, 0.717) is 0 Å². The van der Waals surface area contributed by atoms with Crippen molar-refractivity contribution in [3.8, 4) is 0 Å². The van der Waals surface area contributed by atoms with Crippen molar-refractivity contribution in [3.63, 3.8) is 0 Å². The number of carbonyl (C=O) groups excluding carboxylic acids is 1. The Morgan fingerprint density at radius 3 is 1.90 bits per heavy atom. The van der Waals surface area contributed by atoms with E-state index in [0.717, 1.165) is 6.92 Å². The van der Waals surface area contributed by atoms with Crippen molar-refractivity contribution < 1.29 is 13.6 Å². The van der Waals surface area contributed by atoms with E-state index in [2.05, 4.69) is 5.73 Å². The summed E-state index contributed by atoms with van der Waals surface area (Å²) in [4.78, 5) is 6.79. The molecular weight excluding hydrogens is 210 g/mol. The van der Waals surface area contributed by atoms with Gasteiger partial charge in [-0.3, -0.25) is 4.79 Å². The summed E-state index contributed by atoms with van der Waals surface area (Å²) < 4.78 is 24.5. The summed E-state index contributed by atoms with van der Waals surface area (Å²) in [6.07, 6.45) is 0. The molecule has 4 N–H and O–H groups in total. The predicted octanol–water partition coefficient (Wildman–Crippen LogP) is 0.177. The summed E-state index contributed by atoms with van der Waals surface area (Å²) in [5.74, 6) is -1.26. The molecule has 1 amide bonds. The average molecular weight is 217 g/mol. The fraction of sp³-hybridized carbons (Fsp3) is 0.750. The molecule has 0 aromatic carbocycles. The molecule has 0 rings (SSSR count). The topological polar surface area (TPSA) is 69.1 Å². The van der Waals surface area contributed by atoms with Crippen LogP contribution in [-0.2, 0) is 4.79 Å². The van der Waals surface area contributed by atoms with E-state index in [1.54, 1.807) is 0 Å². The molecule has 0 aliphatic rings. The van der Waals surface area contributed by atoms with Gasteiger partial charge in [-0.25, -0.2) is 0 Å². The molecule has 0 heterocycles. The van der Waals surface area contributed by atoms with Gasteiger partial charge in [0.05, 0.1) is 0 Å². The standard InChI is InChI=1S/C4H7BrF2N2O/c1-3(9,2(8)10)4(5,6)7/h9H2,1H3,(H2,8,10)/t3-/m1/s1. The van der Waals surface area contributed by atoms with E-state index in [1.165, 1.54) is 0 Å².